The van der Waals surface area contributed by atoms with Crippen LogP contribution in [0.15, 0.2) is 16.5 Å². The number of aliphatic hydroxyl groups excluding tert-OH is 3. The first-order chi connectivity index (χ1) is 16.9. The SMILES string of the molecule is Cc1nc(NCC2CC2)nc(N[C@@H]2C[C@H](CO)[C@@H](O)[C@H]2O)c1-c1cc2cc(CC=O)nc(C)c2o1. The Morgan fingerprint density at radius 1 is 1.11 bits per heavy atom. The van der Waals surface area contributed by atoms with E-state index >= 15 is 0 Å². The number of hydrogen-bond donors (Lipinski definition) is 5. The number of nitrogens with one attached hydrogen (secondary N) is 2. The molecule has 0 aliphatic heterocycles. The third kappa shape index (κ3) is 4.73. The topological polar surface area (TPSA) is 154 Å². The molecule has 10 heteroatoms. The molecule has 3 heterocycles. The molecule has 2 aliphatic carbocycles. The van der Waals surface area contributed by atoms with Gasteiger partial charge in [0.15, 0.2) is 5.58 Å². The van der Waals surface area contributed by atoms with E-state index in [9.17, 15) is 20.1 Å². The van der Waals surface area contributed by atoms with Gasteiger partial charge in [0.2, 0.25) is 5.95 Å². The highest BCUT2D eigenvalue weighted by Crippen LogP contribution is 2.38. The Hall–Kier alpha value is -3.08. The number of aldehydes is 1. The average Bonchev–Trinajstić information content (AvgIpc) is 3.50. The summed E-state index contributed by atoms with van der Waals surface area (Å²) in [6.07, 6.45) is 1.76. The standard InChI is InChI=1S/C25H31N5O5/c1-12-20(19-9-15-7-17(5-6-31)27-13(2)23(15)35-19)24(30-25(28-12)26-10-14-3-4-14)29-18-8-16(11-32)21(33)22(18)34/h6-7,9,14,16,18,21-22,32-34H,3-5,8,10-11H2,1-2H3,(H2,26,28,29,30)/t16-,18-,21-,22+/m1/s1. The zero-order valence-electron chi connectivity index (χ0n) is 19.9. The third-order valence-electron chi connectivity index (χ3n) is 6.96. The van der Waals surface area contributed by atoms with Gasteiger partial charge < -0.3 is 35.2 Å². The van der Waals surface area contributed by atoms with Crippen LogP contribution < -0.4 is 10.6 Å². The van der Waals surface area contributed by atoms with Crippen molar-refractivity contribution in [3.8, 4) is 11.3 Å². The van der Waals surface area contributed by atoms with E-state index < -0.39 is 24.2 Å². The lowest BCUT2D eigenvalue weighted by Gasteiger charge is -2.21. The average molecular weight is 482 g/mol. The molecule has 0 aromatic carbocycles. The normalized spacial score (nSPS) is 24.1. The number of rotatable bonds is 9. The molecule has 2 fully saturated rings. The van der Waals surface area contributed by atoms with Crippen molar-refractivity contribution in [2.24, 2.45) is 11.8 Å². The molecule has 5 rings (SSSR count). The van der Waals surface area contributed by atoms with Crippen molar-refractivity contribution in [3.63, 3.8) is 0 Å². The van der Waals surface area contributed by atoms with Crippen LogP contribution in [0.25, 0.3) is 22.3 Å². The monoisotopic (exact) mass is 481 g/mol. The van der Waals surface area contributed by atoms with Crippen LogP contribution in [0.5, 0.6) is 0 Å². The minimum Gasteiger partial charge on any atom is -0.454 e. The molecule has 2 saturated carbocycles. The summed E-state index contributed by atoms with van der Waals surface area (Å²) in [5.74, 6) is 1.71. The van der Waals surface area contributed by atoms with Crippen LogP contribution >= 0.6 is 0 Å². The van der Waals surface area contributed by atoms with Gasteiger partial charge in [0.25, 0.3) is 0 Å². The predicted octanol–water partition coefficient (Wildman–Crippen LogP) is 1.98. The van der Waals surface area contributed by atoms with Crippen LogP contribution in [0.4, 0.5) is 11.8 Å². The fraction of sp³-hybridized carbons (Fsp3) is 0.520. The van der Waals surface area contributed by atoms with Crippen LogP contribution in [-0.2, 0) is 11.2 Å². The number of pyridine rings is 1. The molecular weight excluding hydrogens is 450 g/mol. The third-order valence-corrected chi connectivity index (χ3v) is 6.96. The zero-order chi connectivity index (χ0) is 24.7. The number of nitrogens with zero attached hydrogens (tertiary/aromatic N) is 3. The molecule has 35 heavy (non-hydrogen) atoms. The summed E-state index contributed by atoms with van der Waals surface area (Å²) in [5.41, 5.74) is 3.30. The molecule has 0 radical (unpaired) electrons. The van der Waals surface area contributed by atoms with Gasteiger partial charge in [0.05, 0.1) is 29.1 Å². The molecule has 2 aliphatic rings. The number of carbonyl (C=O) groups excluding carboxylic acids is 1. The second kappa shape index (κ2) is 9.52. The maximum atomic E-state index is 11.0. The van der Waals surface area contributed by atoms with Crippen molar-refractivity contribution < 1.29 is 24.5 Å². The minimum absolute atomic E-state index is 0.209. The van der Waals surface area contributed by atoms with E-state index in [-0.39, 0.29) is 13.0 Å². The van der Waals surface area contributed by atoms with Gasteiger partial charge in [-0.2, -0.15) is 4.98 Å². The van der Waals surface area contributed by atoms with Gasteiger partial charge in [-0.15, -0.1) is 0 Å². The van der Waals surface area contributed by atoms with Gasteiger partial charge in [-0.3, -0.25) is 4.98 Å². The molecule has 10 nitrogen and oxygen atoms in total. The Balaban J connectivity index is 1.55. The lowest BCUT2D eigenvalue weighted by Crippen LogP contribution is -2.35. The Kier molecular flexibility index (Phi) is 6.43. The number of aryl methyl sites for hydroxylation is 2. The quantitative estimate of drug-likeness (QED) is 0.287. The van der Waals surface area contributed by atoms with Gasteiger partial charge in [0.1, 0.15) is 24.0 Å². The summed E-state index contributed by atoms with van der Waals surface area (Å²) >= 11 is 0. The summed E-state index contributed by atoms with van der Waals surface area (Å²) in [6.45, 7) is 4.30. The second-order valence-electron chi connectivity index (χ2n) is 9.69. The van der Waals surface area contributed by atoms with Crippen LogP contribution in [0.3, 0.4) is 0 Å². The summed E-state index contributed by atoms with van der Waals surface area (Å²) in [7, 11) is 0. The molecule has 186 valence electrons. The number of hydrogen-bond acceptors (Lipinski definition) is 10. The maximum Gasteiger partial charge on any atom is 0.224 e. The maximum absolute atomic E-state index is 11.0. The van der Waals surface area contributed by atoms with Crippen molar-refractivity contribution in [1.29, 1.82) is 0 Å². The largest absolute Gasteiger partial charge is 0.454 e. The van der Waals surface area contributed by atoms with E-state index in [0.29, 0.717) is 58.1 Å². The molecule has 0 unspecified atom stereocenters. The molecule has 4 atom stereocenters. The molecule has 3 aromatic rings. The Bertz CT molecular complexity index is 1240. The highest BCUT2D eigenvalue weighted by molar-refractivity contribution is 5.88. The van der Waals surface area contributed by atoms with E-state index in [1.807, 2.05) is 26.0 Å². The molecule has 0 spiro atoms. The summed E-state index contributed by atoms with van der Waals surface area (Å²) in [5, 5.41) is 37.9. The van der Waals surface area contributed by atoms with Crippen molar-refractivity contribution in [2.45, 2.75) is 57.8 Å². The van der Waals surface area contributed by atoms with E-state index in [1.54, 1.807) is 0 Å². The van der Waals surface area contributed by atoms with E-state index in [2.05, 4.69) is 20.6 Å². The van der Waals surface area contributed by atoms with E-state index in [0.717, 1.165) is 18.2 Å². The number of furan rings is 1. The van der Waals surface area contributed by atoms with Crippen molar-refractivity contribution >= 4 is 29.0 Å². The minimum atomic E-state index is -1.05. The van der Waals surface area contributed by atoms with Crippen molar-refractivity contribution in [3.05, 3.63) is 29.2 Å². The molecule has 5 N–H and O–H groups in total. The number of aliphatic hydroxyl groups is 3. The van der Waals surface area contributed by atoms with E-state index in [4.69, 9.17) is 9.40 Å². The molecule has 0 amide bonds. The second-order valence-corrected chi connectivity index (χ2v) is 9.69. The smallest absolute Gasteiger partial charge is 0.224 e. The van der Waals surface area contributed by atoms with E-state index in [1.165, 1.54) is 12.8 Å². The summed E-state index contributed by atoms with van der Waals surface area (Å²) in [4.78, 5) is 24.8. The van der Waals surface area contributed by atoms with Gasteiger partial charge in [-0.1, -0.05) is 0 Å². The molecule has 3 aromatic heterocycles. The van der Waals surface area contributed by atoms with Gasteiger partial charge >= 0.3 is 0 Å². The van der Waals surface area contributed by atoms with Crippen molar-refractivity contribution in [2.75, 3.05) is 23.8 Å². The lowest BCUT2D eigenvalue weighted by atomic mass is 10.1. The van der Waals surface area contributed by atoms with Crippen LogP contribution in [-0.4, -0.2) is 68.0 Å². The predicted molar refractivity (Wildman–Crippen MR) is 130 cm³/mol. The zero-order valence-corrected chi connectivity index (χ0v) is 19.9. The van der Waals surface area contributed by atoms with Crippen molar-refractivity contribution in [1.82, 2.24) is 15.0 Å². The fourth-order valence-electron chi connectivity index (χ4n) is 4.82. The number of carbonyl (C=O) groups is 1. The Labute approximate surface area is 202 Å². The highest BCUT2D eigenvalue weighted by atomic mass is 16.3. The van der Waals surface area contributed by atoms with Crippen LogP contribution in [0.2, 0.25) is 0 Å². The summed E-state index contributed by atoms with van der Waals surface area (Å²) in [6, 6.07) is 3.21. The van der Waals surface area contributed by atoms with Crippen LogP contribution in [0, 0.1) is 25.7 Å². The number of fused-ring (bicyclic) bond motifs is 1. The first kappa shape index (κ1) is 23.7. The molecule has 0 saturated heterocycles. The van der Waals surface area contributed by atoms with Gasteiger partial charge in [-0.25, -0.2) is 4.98 Å². The fourth-order valence-corrected chi connectivity index (χ4v) is 4.82. The molecule has 0 bridgehead atoms. The number of aromatic nitrogens is 3. The Morgan fingerprint density at radius 2 is 1.91 bits per heavy atom. The van der Waals surface area contributed by atoms with Crippen LogP contribution in [0.1, 0.15) is 36.3 Å². The van der Waals surface area contributed by atoms with Gasteiger partial charge in [0, 0.05) is 36.6 Å². The van der Waals surface area contributed by atoms with Gasteiger partial charge in [-0.05, 0) is 51.2 Å². The Morgan fingerprint density at radius 3 is 2.60 bits per heavy atom. The number of anilines is 2. The summed E-state index contributed by atoms with van der Waals surface area (Å²) < 4.78 is 6.20. The first-order valence-electron chi connectivity index (χ1n) is 12.1. The highest BCUT2D eigenvalue weighted by Gasteiger charge is 2.41. The first-order valence-corrected chi connectivity index (χ1v) is 12.1. The lowest BCUT2D eigenvalue weighted by molar-refractivity contribution is -0.107. The molecular formula is C25H31N5O5.